The molecule has 0 unspecified atom stereocenters. The molecule has 4 rings (SSSR count). The first kappa shape index (κ1) is 11.3. The molecule has 3 aromatic rings. The highest BCUT2D eigenvalue weighted by Gasteiger charge is 2.26. The quantitative estimate of drug-likeness (QED) is 0.784. The van der Waals surface area contributed by atoms with Crippen LogP contribution in [-0.4, -0.2) is 24.8 Å². The summed E-state index contributed by atoms with van der Waals surface area (Å²) in [6, 6.07) is 0. The van der Waals surface area contributed by atoms with Crippen molar-refractivity contribution in [2.75, 3.05) is 5.73 Å². The van der Waals surface area contributed by atoms with E-state index in [0.717, 1.165) is 26.4 Å². The zero-order chi connectivity index (χ0) is 13.0. The zero-order valence-corrected chi connectivity index (χ0v) is 12.0. The van der Waals surface area contributed by atoms with Gasteiger partial charge < -0.3 is 5.73 Å². The molecule has 1 fully saturated rings. The summed E-state index contributed by atoms with van der Waals surface area (Å²) in [5.74, 6) is 1.52. The highest BCUT2D eigenvalue weighted by atomic mass is 32.1. The van der Waals surface area contributed by atoms with Gasteiger partial charge in [-0.15, -0.1) is 10.2 Å². The highest BCUT2D eigenvalue weighted by Crippen LogP contribution is 2.38. The van der Waals surface area contributed by atoms with Crippen molar-refractivity contribution in [1.82, 2.24) is 24.8 Å². The number of aromatic nitrogens is 5. The van der Waals surface area contributed by atoms with Gasteiger partial charge in [0.25, 0.3) is 0 Å². The molecule has 1 aliphatic rings. The second-order valence-electron chi connectivity index (χ2n) is 4.75. The lowest BCUT2D eigenvalue weighted by Crippen LogP contribution is -2.12. The van der Waals surface area contributed by atoms with Gasteiger partial charge in [-0.2, -0.15) is 9.61 Å². The van der Waals surface area contributed by atoms with Crippen molar-refractivity contribution in [2.45, 2.75) is 32.1 Å². The summed E-state index contributed by atoms with van der Waals surface area (Å²) in [6.45, 7) is 1.96. The van der Waals surface area contributed by atoms with Crippen LogP contribution in [0.4, 0.5) is 5.13 Å². The maximum Gasteiger partial charge on any atom is 0.235 e. The van der Waals surface area contributed by atoms with Crippen molar-refractivity contribution in [3.05, 3.63) is 11.5 Å². The van der Waals surface area contributed by atoms with Crippen LogP contribution in [0.1, 0.15) is 36.7 Å². The Morgan fingerprint density at radius 2 is 2.11 bits per heavy atom. The molecule has 0 atom stereocenters. The van der Waals surface area contributed by atoms with Crippen LogP contribution >= 0.6 is 22.7 Å². The Kier molecular flexibility index (Phi) is 2.36. The fourth-order valence-corrected chi connectivity index (χ4v) is 4.06. The van der Waals surface area contributed by atoms with Gasteiger partial charge in [0.05, 0.1) is 10.6 Å². The van der Waals surface area contributed by atoms with Crippen molar-refractivity contribution in [3.8, 4) is 9.88 Å². The average Bonchev–Trinajstić information content (AvgIpc) is 2.92. The third-order valence-corrected chi connectivity index (χ3v) is 5.53. The van der Waals surface area contributed by atoms with E-state index in [9.17, 15) is 0 Å². The van der Waals surface area contributed by atoms with E-state index < -0.39 is 0 Å². The van der Waals surface area contributed by atoms with Crippen LogP contribution in [0.3, 0.4) is 0 Å². The lowest BCUT2D eigenvalue weighted by molar-refractivity contribution is 0.395. The first-order valence-electron chi connectivity index (χ1n) is 6.18. The topological polar surface area (TPSA) is 82.0 Å². The summed E-state index contributed by atoms with van der Waals surface area (Å²) in [5.41, 5.74) is 6.67. The first-order chi connectivity index (χ1) is 9.22. The van der Waals surface area contributed by atoms with Crippen LogP contribution in [0.5, 0.6) is 0 Å². The van der Waals surface area contributed by atoms with Crippen LogP contribution in [0.25, 0.3) is 14.8 Å². The maximum absolute atomic E-state index is 5.74. The van der Waals surface area contributed by atoms with Gasteiger partial charge in [-0.05, 0) is 19.8 Å². The van der Waals surface area contributed by atoms with Crippen LogP contribution in [0.15, 0.2) is 0 Å². The van der Waals surface area contributed by atoms with E-state index in [1.54, 1.807) is 11.3 Å². The van der Waals surface area contributed by atoms with E-state index in [4.69, 9.17) is 5.73 Å². The van der Waals surface area contributed by atoms with Gasteiger partial charge in [0.15, 0.2) is 16.0 Å². The number of rotatable bonds is 2. The van der Waals surface area contributed by atoms with Crippen molar-refractivity contribution in [1.29, 1.82) is 0 Å². The smallest absolute Gasteiger partial charge is 0.235 e. The number of anilines is 1. The molecule has 0 amide bonds. The van der Waals surface area contributed by atoms with Gasteiger partial charge in [-0.1, -0.05) is 29.1 Å². The van der Waals surface area contributed by atoms with Crippen molar-refractivity contribution >= 4 is 32.8 Å². The van der Waals surface area contributed by atoms with Gasteiger partial charge in [-0.3, -0.25) is 0 Å². The Hall–Kier alpha value is -1.54. The minimum absolute atomic E-state index is 0.526. The van der Waals surface area contributed by atoms with Gasteiger partial charge >= 0.3 is 0 Å². The second-order valence-corrected chi connectivity index (χ2v) is 6.74. The van der Waals surface area contributed by atoms with E-state index in [-0.39, 0.29) is 0 Å². The normalized spacial score (nSPS) is 16.1. The summed E-state index contributed by atoms with van der Waals surface area (Å²) in [4.78, 5) is 6.13. The minimum atomic E-state index is 0.526. The molecule has 1 saturated carbocycles. The van der Waals surface area contributed by atoms with Gasteiger partial charge in [-0.25, -0.2) is 4.98 Å². The summed E-state index contributed by atoms with van der Waals surface area (Å²) in [6.07, 6.45) is 3.67. The highest BCUT2D eigenvalue weighted by molar-refractivity contribution is 7.25. The average molecular weight is 292 g/mol. The Labute approximate surface area is 117 Å². The zero-order valence-electron chi connectivity index (χ0n) is 10.3. The second kappa shape index (κ2) is 3.97. The molecule has 0 aromatic carbocycles. The lowest BCUT2D eigenvalue weighted by atomic mass is 9.85. The predicted molar refractivity (Wildman–Crippen MR) is 75.5 cm³/mol. The molecule has 0 spiro atoms. The fraction of sp³-hybridized carbons (Fsp3) is 0.455. The molecule has 1 aliphatic carbocycles. The molecule has 0 aliphatic heterocycles. The number of nitrogens with two attached hydrogens (primary N) is 1. The number of hydrogen-bond donors (Lipinski definition) is 1. The number of fused-ring (bicyclic) bond motifs is 1. The summed E-state index contributed by atoms with van der Waals surface area (Å²) >= 11 is 3.02. The molecule has 8 heteroatoms. The number of nitrogens with zero attached hydrogens (tertiary/aromatic N) is 5. The van der Waals surface area contributed by atoms with Crippen LogP contribution in [0.2, 0.25) is 0 Å². The van der Waals surface area contributed by atoms with E-state index in [0.29, 0.717) is 11.0 Å². The van der Waals surface area contributed by atoms with Crippen molar-refractivity contribution in [2.24, 2.45) is 0 Å². The molecule has 0 saturated heterocycles. The lowest BCUT2D eigenvalue weighted by Gasteiger charge is -2.22. The van der Waals surface area contributed by atoms with E-state index >= 15 is 0 Å². The Morgan fingerprint density at radius 1 is 1.26 bits per heavy atom. The molecule has 98 valence electrons. The first-order valence-corrected chi connectivity index (χ1v) is 7.81. The van der Waals surface area contributed by atoms with E-state index in [2.05, 4.69) is 20.3 Å². The largest absolute Gasteiger partial charge is 0.375 e. The monoisotopic (exact) mass is 292 g/mol. The number of hydrogen-bond acceptors (Lipinski definition) is 7. The van der Waals surface area contributed by atoms with Crippen molar-refractivity contribution in [3.63, 3.8) is 0 Å². The molecule has 19 heavy (non-hydrogen) atoms. The van der Waals surface area contributed by atoms with E-state index in [1.165, 1.54) is 30.6 Å². The molecule has 2 N–H and O–H groups in total. The third kappa shape index (κ3) is 1.67. The molecule has 3 aromatic heterocycles. The van der Waals surface area contributed by atoms with Crippen LogP contribution in [-0.2, 0) is 0 Å². The minimum Gasteiger partial charge on any atom is -0.375 e. The maximum atomic E-state index is 5.74. The number of nitrogen functional groups attached to an aromatic ring is 1. The molecular formula is C11H12N6S2. The Bertz CT molecular complexity index is 751. The third-order valence-electron chi connectivity index (χ3n) is 3.49. The van der Waals surface area contributed by atoms with E-state index in [1.807, 2.05) is 11.4 Å². The Balaban J connectivity index is 1.83. The fourth-order valence-electron chi connectivity index (χ4n) is 2.26. The molecular weight excluding hydrogens is 280 g/mol. The summed E-state index contributed by atoms with van der Waals surface area (Å²) < 4.78 is 1.89. The predicted octanol–water partition coefficient (Wildman–Crippen LogP) is 2.47. The molecule has 0 bridgehead atoms. The molecule has 3 heterocycles. The van der Waals surface area contributed by atoms with Crippen molar-refractivity contribution < 1.29 is 0 Å². The molecule has 6 nitrogen and oxygen atoms in total. The van der Waals surface area contributed by atoms with Gasteiger partial charge in [0.1, 0.15) is 0 Å². The van der Waals surface area contributed by atoms with Crippen LogP contribution in [0, 0.1) is 6.92 Å². The Morgan fingerprint density at radius 3 is 2.74 bits per heavy atom. The van der Waals surface area contributed by atoms with Gasteiger partial charge in [0, 0.05) is 5.92 Å². The standard InChI is InChI=1S/C11H12N6S2/c1-5-7(18-10(12)13-5)9-16-17-8(6-3-2-4-6)14-15-11(17)19-9/h6H,2-4H2,1H3,(H2,12,13). The number of thiazole rings is 1. The SMILES string of the molecule is Cc1nc(N)sc1-c1nn2c(C3CCC3)nnc2s1. The molecule has 0 radical (unpaired) electrons. The van der Waals surface area contributed by atoms with Crippen LogP contribution < -0.4 is 5.73 Å². The number of aryl methyl sites for hydroxylation is 1. The summed E-state index contributed by atoms with van der Waals surface area (Å²) in [7, 11) is 0. The van der Waals surface area contributed by atoms with Gasteiger partial charge in [0.2, 0.25) is 4.96 Å². The summed E-state index contributed by atoms with van der Waals surface area (Å²) in [5, 5.41) is 14.6.